The first kappa shape index (κ1) is 20.5. The third-order valence-corrected chi connectivity index (χ3v) is 5.43. The molecule has 156 valence electrons. The molecule has 8 heteroatoms. The Bertz CT molecular complexity index is 963. The molecule has 1 aromatic heterocycles. The maximum atomic E-state index is 12.7. The highest BCUT2D eigenvalue weighted by Gasteiger charge is 2.18. The summed E-state index contributed by atoms with van der Waals surface area (Å²) in [5.74, 6) is -0.0601. The van der Waals surface area contributed by atoms with Gasteiger partial charge in [0.1, 0.15) is 12.7 Å². The summed E-state index contributed by atoms with van der Waals surface area (Å²) in [4.78, 5) is 21.4. The van der Waals surface area contributed by atoms with Gasteiger partial charge in [-0.2, -0.15) is 5.10 Å². The normalized spacial score (nSPS) is 15.6. The molecule has 0 atom stereocenters. The van der Waals surface area contributed by atoms with Crippen molar-refractivity contribution in [2.75, 3.05) is 38.0 Å². The lowest BCUT2D eigenvalue weighted by atomic mass is 10.2. The number of benzene rings is 2. The van der Waals surface area contributed by atoms with Crippen molar-refractivity contribution in [1.82, 2.24) is 24.6 Å². The molecule has 0 unspecified atom stereocenters. The van der Waals surface area contributed by atoms with E-state index >= 15 is 0 Å². The number of rotatable bonds is 6. The van der Waals surface area contributed by atoms with Gasteiger partial charge in [-0.1, -0.05) is 41.9 Å². The van der Waals surface area contributed by atoms with Crippen molar-refractivity contribution in [2.24, 2.45) is 0 Å². The molecule has 7 nitrogen and oxygen atoms in total. The number of anilines is 1. The van der Waals surface area contributed by atoms with Gasteiger partial charge >= 0.3 is 0 Å². The molecule has 1 aliphatic heterocycles. The monoisotopic (exact) mass is 424 g/mol. The minimum absolute atomic E-state index is 0.0601. The first-order valence-corrected chi connectivity index (χ1v) is 10.5. The van der Waals surface area contributed by atoms with Crippen LogP contribution in [0, 0.1) is 0 Å². The molecule has 3 aromatic rings. The Kier molecular flexibility index (Phi) is 6.74. The zero-order chi connectivity index (χ0) is 20.8. The molecule has 0 aliphatic carbocycles. The van der Waals surface area contributed by atoms with E-state index in [1.54, 1.807) is 23.1 Å². The van der Waals surface area contributed by atoms with E-state index in [9.17, 15) is 4.79 Å². The Morgan fingerprint density at radius 2 is 1.83 bits per heavy atom. The topological polar surface area (TPSA) is 66.3 Å². The van der Waals surface area contributed by atoms with Crippen molar-refractivity contribution in [1.29, 1.82) is 0 Å². The zero-order valence-electron chi connectivity index (χ0n) is 16.7. The van der Waals surface area contributed by atoms with Crippen molar-refractivity contribution in [3.8, 4) is 5.69 Å². The van der Waals surface area contributed by atoms with Gasteiger partial charge in [-0.15, -0.1) is 0 Å². The molecule has 0 saturated carbocycles. The highest BCUT2D eigenvalue weighted by molar-refractivity contribution is 6.31. The SMILES string of the molecule is O=C(CN1CCCN(Cc2ccccc2)CC1)Nc1cc(Cl)ccc1-n1cncn1. The number of hydrogen-bond donors (Lipinski definition) is 1. The number of carbonyl (C=O) groups is 1. The lowest BCUT2D eigenvalue weighted by Crippen LogP contribution is -2.36. The zero-order valence-corrected chi connectivity index (χ0v) is 17.5. The van der Waals surface area contributed by atoms with Crippen LogP contribution in [0.5, 0.6) is 0 Å². The summed E-state index contributed by atoms with van der Waals surface area (Å²) >= 11 is 6.15. The molecule has 30 heavy (non-hydrogen) atoms. The fourth-order valence-electron chi connectivity index (χ4n) is 3.72. The second-order valence-corrected chi connectivity index (χ2v) is 7.88. The third kappa shape index (κ3) is 5.44. The van der Waals surface area contributed by atoms with Crippen molar-refractivity contribution >= 4 is 23.2 Å². The fourth-order valence-corrected chi connectivity index (χ4v) is 3.89. The molecule has 0 radical (unpaired) electrons. The molecular formula is C22H25ClN6O. The van der Waals surface area contributed by atoms with Crippen LogP contribution in [0.2, 0.25) is 5.02 Å². The van der Waals surface area contributed by atoms with E-state index in [1.165, 1.54) is 11.9 Å². The number of nitrogens with one attached hydrogen (secondary N) is 1. The summed E-state index contributed by atoms with van der Waals surface area (Å²) in [5.41, 5.74) is 2.68. The average molecular weight is 425 g/mol. The van der Waals surface area contributed by atoms with E-state index in [4.69, 9.17) is 11.6 Å². The highest BCUT2D eigenvalue weighted by Crippen LogP contribution is 2.24. The molecule has 0 bridgehead atoms. The summed E-state index contributed by atoms with van der Waals surface area (Å²) in [5, 5.41) is 7.70. The number of hydrogen-bond acceptors (Lipinski definition) is 5. The van der Waals surface area contributed by atoms with Crippen LogP contribution in [-0.2, 0) is 11.3 Å². The fraction of sp³-hybridized carbons (Fsp3) is 0.318. The smallest absolute Gasteiger partial charge is 0.238 e. The van der Waals surface area contributed by atoms with Crippen molar-refractivity contribution in [2.45, 2.75) is 13.0 Å². The molecule has 1 aliphatic rings. The van der Waals surface area contributed by atoms with Crippen LogP contribution >= 0.6 is 11.6 Å². The van der Waals surface area contributed by atoms with Gasteiger partial charge in [0.15, 0.2) is 0 Å². The Morgan fingerprint density at radius 3 is 2.63 bits per heavy atom. The number of amides is 1. The van der Waals surface area contributed by atoms with E-state index in [1.807, 2.05) is 12.1 Å². The molecular weight excluding hydrogens is 400 g/mol. The van der Waals surface area contributed by atoms with Crippen molar-refractivity contribution < 1.29 is 4.79 Å². The first-order chi connectivity index (χ1) is 14.7. The summed E-state index contributed by atoms with van der Waals surface area (Å²) in [6.45, 7) is 5.06. The highest BCUT2D eigenvalue weighted by atomic mass is 35.5. The number of carbonyl (C=O) groups excluding carboxylic acids is 1. The van der Waals surface area contributed by atoms with Crippen LogP contribution in [0.3, 0.4) is 0 Å². The van der Waals surface area contributed by atoms with Gasteiger partial charge in [0.25, 0.3) is 0 Å². The molecule has 4 rings (SSSR count). The van der Waals surface area contributed by atoms with Crippen LogP contribution in [-0.4, -0.2) is 63.2 Å². The van der Waals surface area contributed by atoms with Gasteiger partial charge in [-0.25, -0.2) is 9.67 Å². The van der Waals surface area contributed by atoms with E-state index in [2.05, 4.69) is 49.5 Å². The summed E-state index contributed by atoms with van der Waals surface area (Å²) in [7, 11) is 0. The second kappa shape index (κ2) is 9.84. The first-order valence-electron chi connectivity index (χ1n) is 10.1. The van der Waals surface area contributed by atoms with Gasteiger partial charge in [-0.05, 0) is 43.3 Å². The summed E-state index contributed by atoms with van der Waals surface area (Å²) in [6, 6.07) is 15.8. The number of nitrogens with zero attached hydrogens (tertiary/aromatic N) is 5. The minimum atomic E-state index is -0.0601. The van der Waals surface area contributed by atoms with E-state index in [-0.39, 0.29) is 5.91 Å². The predicted octanol–water partition coefficient (Wildman–Crippen LogP) is 3.07. The van der Waals surface area contributed by atoms with E-state index in [0.29, 0.717) is 17.3 Å². The quantitative estimate of drug-likeness (QED) is 0.658. The maximum Gasteiger partial charge on any atom is 0.238 e. The standard InChI is InChI=1S/C22H25ClN6O/c23-19-7-8-21(29-17-24-16-25-29)20(13-19)26-22(30)15-28-10-4-9-27(11-12-28)14-18-5-2-1-3-6-18/h1-3,5-8,13,16-17H,4,9-12,14-15H2,(H,26,30). The number of aromatic nitrogens is 3. The van der Waals surface area contributed by atoms with Crippen LogP contribution in [0.15, 0.2) is 61.2 Å². The molecule has 0 spiro atoms. The lowest BCUT2D eigenvalue weighted by molar-refractivity contribution is -0.117. The van der Waals surface area contributed by atoms with Crippen LogP contribution in [0.1, 0.15) is 12.0 Å². The van der Waals surface area contributed by atoms with Crippen molar-refractivity contribution in [3.05, 3.63) is 71.8 Å². The predicted molar refractivity (Wildman–Crippen MR) is 118 cm³/mol. The molecule has 2 aromatic carbocycles. The minimum Gasteiger partial charge on any atom is -0.323 e. The van der Waals surface area contributed by atoms with E-state index < -0.39 is 0 Å². The lowest BCUT2D eigenvalue weighted by Gasteiger charge is -2.22. The van der Waals surface area contributed by atoms with Crippen LogP contribution in [0.4, 0.5) is 5.69 Å². The second-order valence-electron chi connectivity index (χ2n) is 7.44. The molecule has 2 heterocycles. The van der Waals surface area contributed by atoms with Gasteiger partial charge in [0.2, 0.25) is 5.91 Å². The number of halogens is 1. The molecule has 1 N–H and O–H groups in total. The molecule has 1 saturated heterocycles. The Balaban J connectivity index is 1.34. The third-order valence-electron chi connectivity index (χ3n) is 5.20. The van der Waals surface area contributed by atoms with Crippen molar-refractivity contribution in [3.63, 3.8) is 0 Å². The molecule has 1 amide bonds. The van der Waals surface area contributed by atoms with E-state index in [0.717, 1.165) is 44.8 Å². The Labute approximate surface area is 181 Å². The summed E-state index contributed by atoms with van der Waals surface area (Å²) in [6.07, 6.45) is 4.09. The average Bonchev–Trinajstić information content (AvgIpc) is 3.18. The van der Waals surface area contributed by atoms with Gasteiger partial charge < -0.3 is 5.32 Å². The van der Waals surface area contributed by atoms with Gasteiger partial charge in [-0.3, -0.25) is 14.6 Å². The Hall–Kier alpha value is -2.74. The molecule has 1 fully saturated rings. The van der Waals surface area contributed by atoms with Crippen LogP contribution < -0.4 is 5.32 Å². The Morgan fingerprint density at radius 1 is 1.03 bits per heavy atom. The maximum absolute atomic E-state index is 12.7. The van der Waals surface area contributed by atoms with Gasteiger partial charge in [0.05, 0.1) is 17.9 Å². The largest absolute Gasteiger partial charge is 0.323 e. The summed E-state index contributed by atoms with van der Waals surface area (Å²) < 4.78 is 1.61. The van der Waals surface area contributed by atoms with Gasteiger partial charge in [0, 0.05) is 24.7 Å². The van der Waals surface area contributed by atoms with Crippen LogP contribution in [0.25, 0.3) is 5.69 Å².